The number of rotatable bonds is 3. The molecule has 8 heteroatoms. The van der Waals surface area contributed by atoms with Crippen LogP contribution in [0.5, 0.6) is 0 Å². The zero-order valence-corrected chi connectivity index (χ0v) is 16.9. The minimum atomic E-state index is -0.705. The monoisotopic (exact) mass is 411 g/mol. The third-order valence-corrected chi connectivity index (χ3v) is 6.18. The number of carbonyl (C=O) groups is 1. The number of benzene rings is 1. The predicted molar refractivity (Wildman–Crippen MR) is 108 cm³/mol. The fraction of sp³-hybridized carbons (Fsp3) is 0.381. The van der Waals surface area contributed by atoms with Gasteiger partial charge in [-0.1, -0.05) is 17.7 Å². The molecule has 1 unspecified atom stereocenters. The maximum atomic E-state index is 11.9. The van der Waals surface area contributed by atoms with Crippen molar-refractivity contribution in [3.63, 3.8) is 0 Å². The van der Waals surface area contributed by atoms with Gasteiger partial charge in [-0.3, -0.25) is 9.69 Å². The minimum Gasteiger partial charge on any atom is -0.367 e. The van der Waals surface area contributed by atoms with E-state index < -0.39 is 17.6 Å². The van der Waals surface area contributed by atoms with Crippen molar-refractivity contribution in [3.05, 3.63) is 64.1 Å². The molecule has 2 aliphatic rings. The normalized spacial score (nSPS) is 21.0. The van der Waals surface area contributed by atoms with Crippen LogP contribution in [0, 0.1) is 6.92 Å². The second kappa shape index (κ2) is 6.79. The van der Waals surface area contributed by atoms with Gasteiger partial charge in [-0.25, -0.2) is 9.50 Å². The Kier molecular flexibility index (Phi) is 4.34. The van der Waals surface area contributed by atoms with E-state index in [-0.39, 0.29) is 0 Å². The summed E-state index contributed by atoms with van der Waals surface area (Å²) in [6.45, 7) is 4.43. The zero-order chi connectivity index (χ0) is 20.2. The lowest BCUT2D eigenvalue weighted by Gasteiger charge is -2.39. The summed E-state index contributed by atoms with van der Waals surface area (Å²) in [6.07, 6.45) is 4.79. The van der Waals surface area contributed by atoms with Crippen LogP contribution in [0.2, 0.25) is 5.02 Å². The quantitative estimate of drug-likeness (QED) is 0.716. The van der Waals surface area contributed by atoms with Crippen LogP contribution in [0.25, 0.3) is 5.65 Å². The number of hydrogen-bond donors (Lipinski definition) is 1. The van der Waals surface area contributed by atoms with Gasteiger partial charge in [-0.2, -0.15) is 5.10 Å². The van der Waals surface area contributed by atoms with E-state index in [9.17, 15) is 4.79 Å². The van der Waals surface area contributed by atoms with Gasteiger partial charge in [-0.05, 0) is 43.0 Å². The number of hydrogen-bond acceptors (Lipinski definition) is 5. The predicted octanol–water partition coefficient (Wildman–Crippen LogP) is 2.74. The number of aryl methyl sites for hydroxylation is 1. The fourth-order valence-electron chi connectivity index (χ4n) is 4.55. The van der Waals surface area contributed by atoms with E-state index in [1.165, 1.54) is 0 Å². The van der Waals surface area contributed by atoms with E-state index in [0.29, 0.717) is 5.02 Å². The van der Waals surface area contributed by atoms with Gasteiger partial charge >= 0.3 is 0 Å². The molecule has 0 aliphatic carbocycles. The number of halogens is 1. The number of fused-ring (bicyclic) bond motifs is 3. The standard InChI is InChI=1S/C21H22ClN5O2/c1-13-8-18-24-10-14(12-27(18)25-13)11-26-6-4-21(5-7-26)17-9-15(22)2-3-16(17)19(29-21)20(23)28/h2-3,8-10,12,19H,4-7,11H2,1H3,(H2,23,28). The molecule has 150 valence electrons. The first-order chi connectivity index (χ1) is 13.9. The molecule has 3 aromatic rings. The summed E-state index contributed by atoms with van der Waals surface area (Å²) in [5.74, 6) is -0.457. The molecule has 1 fully saturated rings. The first-order valence-electron chi connectivity index (χ1n) is 9.74. The smallest absolute Gasteiger partial charge is 0.251 e. The van der Waals surface area contributed by atoms with E-state index in [2.05, 4.69) is 15.0 Å². The number of primary amides is 1. The lowest BCUT2D eigenvalue weighted by molar-refractivity contribution is -0.148. The van der Waals surface area contributed by atoms with E-state index in [0.717, 1.165) is 60.5 Å². The van der Waals surface area contributed by atoms with Crippen LogP contribution < -0.4 is 5.73 Å². The Bertz CT molecular complexity index is 1100. The SMILES string of the molecule is Cc1cc2ncc(CN3CCC4(CC3)OC(C(N)=O)c3ccc(Cl)cc34)cn2n1. The molecular weight excluding hydrogens is 390 g/mol. The molecule has 1 atom stereocenters. The molecule has 1 spiro atoms. The molecule has 29 heavy (non-hydrogen) atoms. The molecule has 1 aromatic carbocycles. The minimum absolute atomic E-state index is 0.457. The summed E-state index contributed by atoms with van der Waals surface area (Å²) in [7, 11) is 0. The van der Waals surface area contributed by atoms with Crippen LogP contribution in [0.15, 0.2) is 36.7 Å². The van der Waals surface area contributed by atoms with E-state index in [4.69, 9.17) is 22.1 Å². The molecule has 0 bridgehead atoms. The average Bonchev–Trinajstić information content (AvgIpc) is 3.21. The molecule has 0 radical (unpaired) electrons. The van der Waals surface area contributed by atoms with Crippen LogP contribution in [0.4, 0.5) is 0 Å². The summed E-state index contributed by atoms with van der Waals surface area (Å²) in [5, 5.41) is 5.09. The molecule has 5 rings (SSSR count). The zero-order valence-electron chi connectivity index (χ0n) is 16.1. The highest BCUT2D eigenvalue weighted by atomic mass is 35.5. The topological polar surface area (TPSA) is 85.8 Å². The van der Waals surface area contributed by atoms with Gasteiger partial charge in [0.15, 0.2) is 11.8 Å². The second-order valence-electron chi connectivity index (χ2n) is 7.95. The Hall–Kier alpha value is -2.48. The van der Waals surface area contributed by atoms with Gasteiger partial charge in [0.1, 0.15) is 0 Å². The van der Waals surface area contributed by atoms with E-state index in [1.54, 1.807) is 6.07 Å². The Labute approximate surface area is 173 Å². The van der Waals surface area contributed by atoms with Gasteiger partial charge in [0.25, 0.3) is 5.91 Å². The highest BCUT2D eigenvalue weighted by Crippen LogP contribution is 2.50. The first-order valence-corrected chi connectivity index (χ1v) is 10.1. The van der Waals surface area contributed by atoms with Gasteiger partial charge in [0.05, 0.1) is 11.3 Å². The third-order valence-electron chi connectivity index (χ3n) is 5.95. The Balaban J connectivity index is 1.34. The summed E-state index contributed by atoms with van der Waals surface area (Å²) in [6, 6.07) is 7.53. The highest BCUT2D eigenvalue weighted by Gasteiger charge is 2.48. The number of nitrogens with two attached hydrogens (primary N) is 1. The molecule has 2 aromatic heterocycles. The number of aromatic nitrogens is 3. The number of amides is 1. The maximum Gasteiger partial charge on any atom is 0.251 e. The Morgan fingerprint density at radius 1 is 1.34 bits per heavy atom. The third kappa shape index (κ3) is 3.19. The van der Waals surface area contributed by atoms with Crippen molar-refractivity contribution >= 4 is 23.2 Å². The summed E-state index contributed by atoms with van der Waals surface area (Å²) in [5.41, 5.74) is 9.86. The van der Waals surface area contributed by atoms with Gasteiger partial charge in [-0.15, -0.1) is 0 Å². The lowest BCUT2D eigenvalue weighted by atomic mass is 9.83. The lowest BCUT2D eigenvalue weighted by Crippen LogP contribution is -2.42. The summed E-state index contributed by atoms with van der Waals surface area (Å²) in [4.78, 5) is 18.8. The number of ether oxygens (including phenoxy) is 1. The van der Waals surface area contributed by atoms with Crippen LogP contribution in [0.1, 0.15) is 41.3 Å². The fourth-order valence-corrected chi connectivity index (χ4v) is 4.72. The van der Waals surface area contributed by atoms with Crippen molar-refractivity contribution in [3.8, 4) is 0 Å². The van der Waals surface area contributed by atoms with Gasteiger partial charge in [0.2, 0.25) is 0 Å². The molecular formula is C21H22ClN5O2. The van der Waals surface area contributed by atoms with Crippen molar-refractivity contribution in [2.75, 3.05) is 13.1 Å². The van der Waals surface area contributed by atoms with Crippen molar-refractivity contribution in [2.45, 2.75) is 38.0 Å². The molecule has 1 amide bonds. The Morgan fingerprint density at radius 3 is 2.90 bits per heavy atom. The first kappa shape index (κ1) is 18.5. The Morgan fingerprint density at radius 2 is 2.14 bits per heavy atom. The maximum absolute atomic E-state index is 11.9. The van der Waals surface area contributed by atoms with Crippen molar-refractivity contribution in [1.29, 1.82) is 0 Å². The summed E-state index contributed by atoms with van der Waals surface area (Å²) >= 11 is 6.24. The van der Waals surface area contributed by atoms with Crippen molar-refractivity contribution < 1.29 is 9.53 Å². The second-order valence-corrected chi connectivity index (χ2v) is 8.39. The highest BCUT2D eigenvalue weighted by molar-refractivity contribution is 6.30. The van der Waals surface area contributed by atoms with E-state index >= 15 is 0 Å². The number of piperidine rings is 1. The molecule has 1 saturated heterocycles. The van der Waals surface area contributed by atoms with Crippen molar-refractivity contribution in [2.24, 2.45) is 5.73 Å². The van der Waals surface area contributed by atoms with Gasteiger partial charge in [0, 0.05) is 48.7 Å². The molecule has 2 N–H and O–H groups in total. The summed E-state index contributed by atoms with van der Waals surface area (Å²) < 4.78 is 8.07. The van der Waals surface area contributed by atoms with Crippen LogP contribution in [-0.4, -0.2) is 38.5 Å². The van der Waals surface area contributed by atoms with Crippen LogP contribution in [0.3, 0.4) is 0 Å². The van der Waals surface area contributed by atoms with E-state index in [1.807, 2.05) is 42.0 Å². The molecule has 2 aliphatic heterocycles. The van der Waals surface area contributed by atoms with Gasteiger partial charge < -0.3 is 10.5 Å². The number of likely N-dealkylation sites (tertiary alicyclic amines) is 1. The largest absolute Gasteiger partial charge is 0.367 e. The van der Waals surface area contributed by atoms with Crippen LogP contribution >= 0.6 is 11.6 Å². The molecule has 7 nitrogen and oxygen atoms in total. The molecule has 4 heterocycles. The van der Waals surface area contributed by atoms with Crippen LogP contribution in [-0.2, 0) is 21.7 Å². The molecule has 0 saturated carbocycles. The number of carbonyl (C=O) groups excluding carboxylic acids is 1. The van der Waals surface area contributed by atoms with Crippen molar-refractivity contribution in [1.82, 2.24) is 19.5 Å². The average molecular weight is 412 g/mol. The number of nitrogens with zero attached hydrogens (tertiary/aromatic N) is 4.